The number of rotatable bonds is 1. The van der Waals surface area contributed by atoms with Gasteiger partial charge in [0.2, 0.25) is 0 Å². The molecule has 0 heteroatoms. The summed E-state index contributed by atoms with van der Waals surface area (Å²) < 4.78 is 0. The number of hydrogen-bond acceptors (Lipinski definition) is 0. The number of hydrogen-bond donors (Lipinski definition) is 0. The fraction of sp³-hybridized carbons (Fsp3) is 0.545. The van der Waals surface area contributed by atoms with Crippen molar-refractivity contribution in [3.8, 4) is 0 Å². The van der Waals surface area contributed by atoms with Crippen LogP contribution in [0.4, 0.5) is 0 Å². The van der Waals surface area contributed by atoms with E-state index in [9.17, 15) is 0 Å². The van der Waals surface area contributed by atoms with Crippen LogP contribution in [0.15, 0.2) is 30.3 Å². The Labute approximate surface area is 133 Å². The van der Waals surface area contributed by atoms with E-state index in [2.05, 4.69) is 44.2 Å². The Morgan fingerprint density at radius 1 is 0.773 bits per heavy atom. The van der Waals surface area contributed by atoms with Crippen molar-refractivity contribution in [2.75, 3.05) is 0 Å². The topological polar surface area (TPSA) is 0 Å². The minimum Gasteiger partial charge on any atom is -0.0614 e. The van der Waals surface area contributed by atoms with Gasteiger partial charge in [-0.25, -0.2) is 0 Å². The summed E-state index contributed by atoms with van der Waals surface area (Å²) in [5.74, 6) is 3.08. The average Bonchev–Trinajstić information content (AvgIpc) is 2.47. The van der Waals surface area contributed by atoms with E-state index in [1.807, 2.05) is 0 Å². The van der Waals surface area contributed by atoms with Crippen LogP contribution >= 0.6 is 0 Å². The molecule has 0 N–H and O–H groups in total. The minimum absolute atomic E-state index is 0.524. The van der Waals surface area contributed by atoms with E-state index in [4.69, 9.17) is 0 Å². The van der Waals surface area contributed by atoms with Crippen molar-refractivity contribution in [1.82, 2.24) is 0 Å². The SMILES string of the molecule is Cc1cc(C23CC4CC(CC(C4)C2)C3)cc2c(C)cccc12. The maximum Gasteiger partial charge on any atom is -0.00387 e. The Balaban J connectivity index is 1.69. The van der Waals surface area contributed by atoms with Gasteiger partial charge in [-0.1, -0.05) is 30.3 Å². The van der Waals surface area contributed by atoms with E-state index in [1.165, 1.54) is 60.4 Å². The third-order valence-corrected chi connectivity index (χ3v) is 7.07. The van der Waals surface area contributed by atoms with Gasteiger partial charge in [0.25, 0.3) is 0 Å². The maximum absolute atomic E-state index is 2.56. The lowest BCUT2D eigenvalue weighted by Gasteiger charge is -2.57. The Morgan fingerprint density at radius 2 is 1.41 bits per heavy atom. The van der Waals surface area contributed by atoms with Crippen LogP contribution < -0.4 is 0 Å². The lowest BCUT2D eigenvalue weighted by atomic mass is 9.48. The highest BCUT2D eigenvalue weighted by Crippen LogP contribution is 2.61. The zero-order valence-electron chi connectivity index (χ0n) is 13.9. The molecule has 0 saturated heterocycles. The van der Waals surface area contributed by atoms with Gasteiger partial charge < -0.3 is 0 Å². The van der Waals surface area contributed by atoms with E-state index < -0.39 is 0 Å². The van der Waals surface area contributed by atoms with Gasteiger partial charge in [0.15, 0.2) is 0 Å². The molecule has 4 aliphatic carbocycles. The van der Waals surface area contributed by atoms with Crippen molar-refractivity contribution in [2.24, 2.45) is 17.8 Å². The van der Waals surface area contributed by atoms with Crippen molar-refractivity contribution in [2.45, 2.75) is 57.8 Å². The second-order valence-electron chi connectivity index (χ2n) is 8.66. The molecule has 0 radical (unpaired) electrons. The van der Waals surface area contributed by atoms with Gasteiger partial charge in [-0.15, -0.1) is 0 Å². The zero-order valence-corrected chi connectivity index (χ0v) is 13.9. The van der Waals surface area contributed by atoms with Gasteiger partial charge in [0.1, 0.15) is 0 Å². The highest BCUT2D eigenvalue weighted by molar-refractivity contribution is 5.89. The summed E-state index contributed by atoms with van der Waals surface area (Å²) in [6, 6.07) is 11.9. The van der Waals surface area contributed by atoms with Crippen LogP contribution in [0.5, 0.6) is 0 Å². The lowest BCUT2D eigenvalue weighted by molar-refractivity contribution is -0.00515. The quantitative estimate of drug-likeness (QED) is 0.611. The molecule has 2 aromatic carbocycles. The van der Waals surface area contributed by atoms with Crippen LogP contribution in [-0.2, 0) is 5.41 Å². The summed E-state index contributed by atoms with van der Waals surface area (Å²) in [5, 5.41) is 2.95. The lowest BCUT2D eigenvalue weighted by Crippen LogP contribution is -2.48. The van der Waals surface area contributed by atoms with E-state index in [0.29, 0.717) is 5.41 Å². The Kier molecular flexibility index (Phi) is 2.62. The molecule has 0 heterocycles. The van der Waals surface area contributed by atoms with Gasteiger partial charge in [0.05, 0.1) is 0 Å². The molecule has 0 aromatic heterocycles. The first-order valence-corrected chi connectivity index (χ1v) is 9.13. The first-order valence-electron chi connectivity index (χ1n) is 9.13. The predicted octanol–water partition coefficient (Wildman–Crippen LogP) is 5.92. The van der Waals surface area contributed by atoms with Crippen LogP contribution in [0.25, 0.3) is 10.8 Å². The molecular weight excluding hydrogens is 264 g/mol. The van der Waals surface area contributed by atoms with Crippen molar-refractivity contribution < 1.29 is 0 Å². The molecule has 0 unspecified atom stereocenters. The molecule has 4 aliphatic rings. The average molecular weight is 290 g/mol. The first-order chi connectivity index (χ1) is 10.6. The zero-order chi connectivity index (χ0) is 14.9. The van der Waals surface area contributed by atoms with Gasteiger partial charge in [-0.2, -0.15) is 0 Å². The third kappa shape index (κ3) is 1.76. The first kappa shape index (κ1) is 13.2. The molecule has 2 aromatic rings. The molecule has 0 amide bonds. The molecule has 0 aliphatic heterocycles. The van der Waals surface area contributed by atoms with Crippen molar-refractivity contribution in [1.29, 1.82) is 0 Å². The van der Waals surface area contributed by atoms with Crippen LogP contribution in [-0.4, -0.2) is 0 Å². The standard InChI is InChI=1S/C22H26/c1-14-4-3-5-20-15(2)6-19(10-21(14)20)22-11-16-7-17(12-22)9-18(8-16)13-22/h3-6,10,16-18H,7-9,11-13H2,1-2H3. The summed E-state index contributed by atoms with van der Waals surface area (Å²) in [7, 11) is 0. The third-order valence-electron chi connectivity index (χ3n) is 7.07. The summed E-state index contributed by atoms with van der Waals surface area (Å²) in [6.45, 7) is 4.58. The molecule has 22 heavy (non-hydrogen) atoms. The second-order valence-corrected chi connectivity index (χ2v) is 8.66. The molecule has 0 nitrogen and oxygen atoms in total. The van der Waals surface area contributed by atoms with E-state index >= 15 is 0 Å². The predicted molar refractivity (Wildman–Crippen MR) is 93.3 cm³/mol. The summed E-state index contributed by atoms with van der Waals surface area (Å²) in [6.07, 6.45) is 9.00. The molecule has 0 spiro atoms. The number of fused-ring (bicyclic) bond motifs is 1. The van der Waals surface area contributed by atoms with Crippen molar-refractivity contribution in [3.05, 3.63) is 47.0 Å². The van der Waals surface area contributed by atoms with Crippen LogP contribution in [0.3, 0.4) is 0 Å². The van der Waals surface area contributed by atoms with Gasteiger partial charge in [-0.3, -0.25) is 0 Å². The van der Waals surface area contributed by atoms with Gasteiger partial charge >= 0.3 is 0 Å². The number of aryl methyl sites for hydroxylation is 2. The van der Waals surface area contributed by atoms with E-state index in [-0.39, 0.29) is 0 Å². The van der Waals surface area contributed by atoms with Crippen LogP contribution in [0.2, 0.25) is 0 Å². The van der Waals surface area contributed by atoms with Crippen LogP contribution in [0, 0.1) is 31.6 Å². The number of benzene rings is 2. The van der Waals surface area contributed by atoms with Gasteiger partial charge in [-0.05, 0) is 103 Å². The Bertz CT molecular complexity index is 717. The van der Waals surface area contributed by atoms with Crippen molar-refractivity contribution in [3.63, 3.8) is 0 Å². The minimum atomic E-state index is 0.524. The highest BCUT2D eigenvalue weighted by atomic mass is 14.6. The molecular formula is C22H26. The van der Waals surface area contributed by atoms with E-state index in [0.717, 1.165) is 17.8 Å². The molecule has 0 atom stereocenters. The monoisotopic (exact) mass is 290 g/mol. The molecule has 114 valence electrons. The van der Waals surface area contributed by atoms with Crippen molar-refractivity contribution >= 4 is 10.8 Å². The molecule has 6 rings (SSSR count). The van der Waals surface area contributed by atoms with E-state index in [1.54, 1.807) is 5.56 Å². The Morgan fingerprint density at radius 3 is 2.05 bits per heavy atom. The molecule has 4 fully saturated rings. The molecule has 4 saturated carbocycles. The smallest absolute Gasteiger partial charge is 0.00387 e. The fourth-order valence-electron chi connectivity index (χ4n) is 6.49. The fourth-order valence-corrected chi connectivity index (χ4v) is 6.49. The van der Waals surface area contributed by atoms with Gasteiger partial charge in [0, 0.05) is 0 Å². The summed E-state index contributed by atoms with van der Waals surface area (Å²) in [4.78, 5) is 0. The largest absolute Gasteiger partial charge is 0.0614 e. The highest BCUT2D eigenvalue weighted by Gasteiger charge is 2.51. The normalized spacial score (nSPS) is 36.2. The Hall–Kier alpha value is -1.30. The summed E-state index contributed by atoms with van der Waals surface area (Å²) >= 11 is 0. The second kappa shape index (κ2) is 4.37. The van der Waals surface area contributed by atoms with Crippen LogP contribution in [0.1, 0.15) is 55.2 Å². The molecule has 4 bridgehead atoms. The maximum atomic E-state index is 2.56. The summed E-state index contributed by atoms with van der Waals surface area (Å²) in [5.41, 5.74) is 5.11.